The van der Waals surface area contributed by atoms with Gasteiger partial charge in [0.05, 0.1) is 18.6 Å². The van der Waals surface area contributed by atoms with Crippen LogP contribution in [-0.2, 0) is 4.74 Å². The molecule has 0 fully saturated rings. The van der Waals surface area contributed by atoms with E-state index in [2.05, 4.69) is 0 Å². The number of carbonyl (C=O) groups excluding carboxylic acids is 2. The number of nitrogens with zero attached hydrogens (tertiary/aromatic N) is 1. The van der Waals surface area contributed by atoms with Crippen molar-refractivity contribution < 1.29 is 24.2 Å². The number of fused-ring (bicyclic) bond motifs is 1. The predicted octanol–water partition coefficient (Wildman–Crippen LogP) is 2.54. The molecule has 2 aromatic carbocycles. The number of rotatable bonds is 2. The first-order chi connectivity index (χ1) is 13.5. The topological polar surface area (TPSA) is 123 Å². The third kappa shape index (κ3) is 2.36. The number of hydrogen-bond acceptors (Lipinski definition) is 7. The van der Waals surface area contributed by atoms with E-state index in [4.69, 9.17) is 15.2 Å². The summed E-state index contributed by atoms with van der Waals surface area (Å²) in [5.41, 5.74) is 6.89. The molecule has 1 atom stereocenters. The van der Waals surface area contributed by atoms with Crippen molar-refractivity contribution in [3.8, 4) is 17.6 Å². The summed E-state index contributed by atoms with van der Waals surface area (Å²) in [6.45, 7) is 0. The molecule has 1 aliphatic heterocycles. The van der Waals surface area contributed by atoms with Crippen molar-refractivity contribution in [3.63, 3.8) is 0 Å². The van der Waals surface area contributed by atoms with Gasteiger partial charge in [-0.3, -0.25) is 9.59 Å². The Kier molecular flexibility index (Phi) is 3.90. The fraction of sp³-hybridized carbons (Fsp3) is 0.0952. The van der Waals surface area contributed by atoms with Gasteiger partial charge < -0.3 is 20.3 Å². The molecule has 7 heteroatoms. The summed E-state index contributed by atoms with van der Waals surface area (Å²) in [5, 5.41) is 19.5. The highest BCUT2D eigenvalue weighted by Crippen LogP contribution is 2.45. The lowest BCUT2D eigenvalue weighted by atomic mass is 9.75. The largest absolute Gasteiger partial charge is 0.504 e. The van der Waals surface area contributed by atoms with Crippen LogP contribution in [0.15, 0.2) is 65.3 Å². The molecule has 0 aromatic heterocycles. The Hall–Kier alpha value is -4.05. The SMILES string of the molecule is COc1cc(C2C(C#N)=C(N)OC3=C2C(=O)c2ccccc2C3=O)ccc1O. The summed E-state index contributed by atoms with van der Waals surface area (Å²) in [4.78, 5) is 26.2. The second-order valence-corrected chi connectivity index (χ2v) is 6.30. The van der Waals surface area contributed by atoms with Gasteiger partial charge in [0.15, 0.2) is 23.0 Å². The zero-order valence-electron chi connectivity index (χ0n) is 14.7. The quantitative estimate of drug-likeness (QED) is 0.828. The van der Waals surface area contributed by atoms with Crippen LogP contribution in [0, 0.1) is 11.3 Å². The van der Waals surface area contributed by atoms with Gasteiger partial charge in [-0.25, -0.2) is 0 Å². The normalized spacial score (nSPS) is 18.2. The number of phenolic OH excluding ortho intramolecular Hbond substituents is 1. The lowest BCUT2D eigenvalue weighted by molar-refractivity contribution is 0.0897. The molecule has 0 spiro atoms. The van der Waals surface area contributed by atoms with E-state index >= 15 is 0 Å². The molecule has 28 heavy (non-hydrogen) atoms. The summed E-state index contributed by atoms with van der Waals surface area (Å²) in [5.74, 6) is -2.16. The van der Waals surface area contributed by atoms with Crippen molar-refractivity contribution in [2.24, 2.45) is 5.73 Å². The highest BCUT2D eigenvalue weighted by atomic mass is 16.5. The van der Waals surface area contributed by atoms with Crippen LogP contribution in [0.5, 0.6) is 11.5 Å². The molecule has 1 unspecified atom stereocenters. The first-order valence-electron chi connectivity index (χ1n) is 8.35. The smallest absolute Gasteiger partial charge is 0.229 e. The van der Waals surface area contributed by atoms with Gasteiger partial charge in [0.2, 0.25) is 11.7 Å². The number of Topliss-reactive ketones (excluding diaryl/α,β-unsaturated/α-hetero) is 2. The van der Waals surface area contributed by atoms with Crippen LogP contribution in [-0.4, -0.2) is 23.8 Å². The minimum Gasteiger partial charge on any atom is -0.504 e. The van der Waals surface area contributed by atoms with Crippen molar-refractivity contribution >= 4 is 11.6 Å². The van der Waals surface area contributed by atoms with Gasteiger partial charge in [-0.2, -0.15) is 5.26 Å². The standard InChI is InChI=1S/C21H14N2O5/c1-27-15-8-10(6-7-14(15)24)16-13(9-22)21(23)28-20-17(16)18(25)11-4-2-3-5-12(11)19(20)26/h2-8,16,24H,23H2,1H3. The second-order valence-electron chi connectivity index (χ2n) is 6.30. The predicted molar refractivity (Wildman–Crippen MR) is 97.4 cm³/mol. The Morgan fingerprint density at radius 3 is 2.46 bits per heavy atom. The van der Waals surface area contributed by atoms with E-state index in [1.165, 1.54) is 19.2 Å². The molecule has 0 radical (unpaired) electrons. The number of nitriles is 1. The van der Waals surface area contributed by atoms with Crippen molar-refractivity contribution in [1.29, 1.82) is 5.26 Å². The van der Waals surface area contributed by atoms with Gasteiger partial charge in [0.1, 0.15) is 11.6 Å². The molecule has 1 heterocycles. The number of nitrogens with two attached hydrogens (primary N) is 1. The first-order valence-corrected chi connectivity index (χ1v) is 8.35. The summed E-state index contributed by atoms with van der Waals surface area (Å²) in [6.07, 6.45) is 0. The summed E-state index contributed by atoms with van der Waals surface area (Å²) in [7, 11) is 1.38. The fourth-order valence-corrected chi connectivity index (χ4v) is 3.51. The number of hydrogen-bond donors (Lipinski definition) is 2. The van der Waals surface area contributed by atoms with Crippen LogP contribution in [0.1, 0.15) is 32.2 Å². The number of aromatic hydroxyl groups is 1. The van der Waals surface area contributed by atoms with Gasteiger partial charge >= 0.3 is 0 Å². The minimum absolute atomic E-state index is 0.00650. The van der Waals surface area contributed by atoms with E-state index in [1.54, 1.807) is 30.3 Å². The second kappa shape index (κ2) is 6.28. The molecule has 138 valence electrons. The van der Waals surface area contributed by atoms with Gasteiger partial charge in [-0.15, -0.1) is 0 Å². The Balaban J connectivity index is 1.98. The molecule has 0 saturated carbocycles. The van der Waals surface area contributed by atoms with Crippen LogP contribution in [0.3, 0.4) is 0 Å². The van der Waals surface area contributed by atoms with Crippen LogP contribution in [0.4, 0.5) is 0 Å². The van der Waals surface area contributed by atoms with E-state index in [-0.39, 0.29) is 45.4 Å². The van der Waals surface area contributed by atoms with Crippen LogP contribution >= 0.6 is 0 Å². The van der Waals surface area contributed by atoms with Crippen molar-refractivity contribution in [3.05, 3.63) is 81.9 Å². The van der Waals surface area contributed by atoms with Crippen LogP contribution in [0.25, 0.3) is 0 Å². The Labute approximate surface area is 159 Å². The maximum Gasteiger partial charge on any atom is 0.229 e. The molecule has 0 amide bonds. The number of methoxy groups -OCH3 is 1. The average Bonchev–Trinajstić information content (AvgIpc) is 2.71. The van der Waals surface area contributed by atoms with Crippen molar-refractivity contribution in [1.82, 2.24) is 0 Å². The lowest BCUT2D eigenvalue weighted by Gasteiger charge is -2.31. The number of benzene rings is 2. The number of carbonyl (C=O) groups is 2. The van der Waals surface area contributed by atoms with E-state index in [0.717, 1.165) is 0 Å². The highest BCUT2D eigenvalue weighted by molar-refractivity contribution is 6.27. The monoisotopic (exact) mass is 374 g/mol. The summed E-state index contributed by atoms with van der Waals surface area (Å²) >= 11 is 0. The molecule has 0 saturated heterocycles. The molecule has 7 nitrogen and oxygen atoms in total. The molecular weight excluding hydrogens is 360 g/mol. The van der Waals surface area contributed by atoms with Crippen LogP contribution < -0.4 is 10.5 Å². The van der Waals surface area contributed by atoms with Crippen LogP contribution in [0.2, 0.25) is 0 Å². The third-order valence-corrected chi connectivity index (χ3v) is 4.82. The van der Waals surface area contributed by atoms with Gasteiger partial charge in [-0.05, 0) is 17.7 Å². The number of ether oxygens (including phenoxy) is 2. The molecule has 2 aromatic rings. The maximum atomic E-state index is 13.2. The van der Waals surface area contributed by atoms with E-state index in [9.17, 15) is 20.0 Å². The molecule has 3 N–H and O–H groups in total. The lowest BCUT2D eigenvalue weighted by Crippen LogP contribution is -2.32. The average molecular weight is 374 g/mol. The zero-order chi connectivity index (χ0) is 20.0. The third-order valence-electron chi connectivity index (χ3n) is 4.82. The fourth-order valence-electron chi connectivity index (χ4n) is 3.51. The number of ketones is 2. The molecule has 2 aliphatic rings. The van der Waals surface area contributed by atoms with E-state index < -0.39 is 17.5 Å². The van der Waals surface area contributed by atoms with E-state index in [0.29, 0.717) is 5.56 Å². The first kappa shape index (κ1) is 17.4. The molecule has 1 aliphatic carbocycles. The maximum absolute atomic E-state index is 13.2. The Morgan fingerprint density at radius 1 is 1.14 bits per heavy atom. The van der Waals surface area contributed by atoms with Crippen molar-refractivity contribution in [2.75, 3.05) is 7.11 Å². The molecule has 4 rings (SSSR count). The van der Waals surface area contributed by atoms with Gasteiger partial charge in [0.25, 0.3) is 0 Å². The Bertz CT molecular complexity index is 1150. The summed E-state index contributed by atoms with van der Waals surface area (Å²) < 4.78 is 10.6. The molecular formula is C21H14N2O5. The van der Waals surface area contributed by atoms with Gasteiger partial charge in [0, 0.05) is 11.1 Å². The minimum atomic E-state index is -0.923. The number of phenols is 1. The number of allylic oxidation sites excluding steroid dienone is 3. The Morgan fingerprint density at radius 2 is 1.82 bits per heavy atom. The molecule has 0 bridgehead atoms. The highest BCUT2D eigenvalue weighted by Gasteiger charge is 2.43. The summed E-state index contributed by atoms with van der Waals surface area (Å²) in [6, 6.07) is 12.8. The van der Waals surface area contributed by atoms with Crippen molar-refractivity contribution in [2.45, 2.75) is 5.92 Å². The zero-order valence-corrected chi connectivity index (χ0v) is 14.7. The van der Waals surface area contributed by atoms with Gasteiger partial charge in [-0.1, -0.05) is 30.3 Å². The van der Waals surface area contributed by atoms with E-state index in [1.807, 2.05) is 6.07 Å².